The molecule has 0 aromatic carbocycles. The SMILES string of the molecule is CCc1nc2sc(CN3CCN(c4ccc(C)nc4C(=O)NC)CC3)cc2[nH]c1=O. The van der Waals surface area contributed by atoms with Gasteiger partial charge in [-0.25, -0.2) is 9.97 Å². The van der Waals surface area contributed by atoms with Crippen LogP contribution in [0.2, 0.25) is 0 Å². The van der Waals surface area contributed by atoms with Crippen molar-refractivity contribution in [2.24, 2.45) is 0 Å². The molecule has 0 spiro atoms. The Morgan fingerprint density at radius 2 is 2.00 bits per heavy atom. The topological polar surface area (TPSA) is 94.2 Å². The van der Waals surface area contributed by atoms with Gasteiger partial charge in [-0.3, -0.25) is 14.5 Å². The fourth-order valence-electron chi connectivity index (χ4n) is 3.75. The Labute approximate surface area is 179 Å². The number of aromatic nitrogens is 3. The molecule has 0 aliphatic carbocycles. The van der Waals surface area contributed by atoms with E-state index in [9.17, 15) is 9.59 Å². The van der Waals surface area contributed by atoms with Crippen molar-refractivity contribution in [3.8, 4) is 0 Å². The molecule has 3 aromatic rings. The molecule has 158 valence electrons. The van der Waals surface area contributed by atoms with Crippen LogP contribution in [-0.4, -0.2) is 59.0 Å². The van der Waals surface area contributed by atoms with Crippen molar-refractivity contribution in [1.29, 1.82) is 0 Å². The van der Waals surface area contributed by atoms with Crippen LogP contribution in [0.15, 0.2) is 23.0 Å². The number of nitrogens with zero attached hydrogens (tertiary/aromatic N) is 4. The molecule has 1 amide bonds. The number of rotatable bonds is 5. The lowest BCUT2D eigenvalue weighted by Crippen LogP contribution is -2.46. The molecular formula is C21H26N6O2S. The standard InChI is InChI=1S/C21H26N6O2S/c1-4-15-19(28)24-16-11-14(30-21(16)25-15)12-26-7-9-27(10-8-26)17-6-5-13(2)23-18(17)20(29)22-3/h5-6,11H,4,7-10,12H2,1-3H3,(H,22,29)(H,24,28). The Bertz CT molecular complexity index is 1130. The van der Waals surface area contributed by atoms with E-state index in [0.29, 0.717) is 17.8 Å². The molecule has 0 unspecified atom stereocenters. The number of fused-ring (bicyclic) bond motifs is 1. The van der Waals surface area contributed by atoms with Crippen LogP contribution in [0.25, 0.3) is 10.3 Å². The van der Waals surface area contributed by atoms with Gasteiger partial charge in [0.2, 0.25) is 0 Å². The molecule has 2 N–H and O–H groups in total. The van der Waals surface area contributed by atoms with E-state index in [1.54, 1.807) is 18.4 Å². The molecule has 0 radical (unpaired) electrons. The number of piperazine rings is 1. The van der Waals surface area contributed by atoms with Crippen LogP contribution in [0.3, 0.4) is 0 Å². The summed E-state index contributed by atoms with van der Waals surface area (Å²) in [5.41, 5.74) is 3.51. The average Bonchev–Trinajstić information content (AvgIpc) is 3.14. The molecule has 4 heterocycles. The van der Waals surface area contributed by atoms with Crippen molar-refractivity contribution in [2.75, 3.05) is 38.1 Å². The summed E-state index contributed by atoms with van der Waals surface area (Å²) >= 11 is 1.64. The molecule has 30 heavy (non-hydrogen) atoms. The predicted octanol–water partition coefficient (Wildman–Crippen LogP) is 1.93. The van der Waals surface area contributed by atoms with Crippen molar-refractivity contribution in [3.05, 3.63) is 50.5 Å². The van der Waals surface area contributed by atoms with E-state index in [1.807, 2.05) is 32.0 Å². The number of aryl methyl sites for hydroxylation is 2. The minimum atomic E-state index is -0.158. The monoisotopic (exact) mass is 426 g/mol. The second-order valence-electron chi connectivity index (χ2n) is 7.46. The zero-order valence-corrected chi connectivity index (χ0v) is 18.3. The van der Waals surface area contributed by atoms with E-state index in [0.717, 1.165) is 54.5 Å². The molecule has 4 rings (SSSR count). The summed E-state index contributed by atoms with van der Waals surface area (Å²) in [6.07, 6.45) is 0.631. The van der Waals surface area contributed by atoms with Gasteiger partial charge >= 0.3 is 0 Å². The van der Waals surface area contributed by atoms with Gasteiger partial charge in [0.05, 0.1) is 11.2 Å². The molecule has 1 fully saturated rings. The van der Waals surface area contributed by atoms with E-state index >= 15 is 0 Å². The van der Waals surface area contributed by atoms with Gasteiger partial charge < -0.3 is 15.2 Å². The first-order valence-electron chi connectivity index (χ1n) is 10.2. The van der Waals surface area contributed by atoms with E-state index in [4.69, 9.17) is 0 Å². The summed E-state index contributed by atoms with van der Waals surface area (Å²) < 4.78 is 0. The smallest absolute Gasteiger partial charge is 0.271 e. The van der Waals surface area contributed by atoms with Crippen LogP contribution < -0.4 is 15.8 Å². The van der Waals surface area contributed by atoms with E-state index in [2.05, 4.69) is 30.1 Å². The number of nitrogens with one attached hydrogen (secondary N) is 2. The zero-order chi connectivity index (χ0) is 21.3. The number of H-pyrrole nitrogens is 1. The quantitative estimate of drug-likeness (QED) is 0.648. The lowest BCUT2D eigenvalue weighted by Gasteiger charge is -2.36. The highest BCUT2D eigenvalue weighted by Gasteiger charge is 2.23. The maximum absolute atomic E-state index is 12.2. The van der Waals surface area contributed by atoms with Gasteiger partial charge in [0.25, 0.3) is 11.5 Å². The van der Waals surface area contributed by atoms with Gasteiger partial charge in [-0.05, 0) is 31.5 Å². The minimum absolute atomic E-state index is 0.0957. The molecular weight excluding hydrogens is 400 g/mol. The average molecular weight is 427 g/mol. The Balaban J connectivity index is 1.45. The van der Waals surface area contributed by atoms with E-state index in [-0.39, 0.29) is 11.5 Å². The maximum atomic E-state index is 12.2. The summed E-state index contributed by atoms with van der Waals surface area (Å²) in [6, 6.07) is 5.97. The van der Waals surface area contributed by atoms with Gasteiger partial charge in [-0.1, -0.05) is 6.92 Å². The number of carbonyl (C=O) groups excluding carboxylic acids is 1. The number of thiophene rings is 1. The number of amides is 1. The maximum Gasteiger partial charge on any atom is 0.271 e. The van der Waals surface area contributed by atoms with Gasteiger partial charge in [0.15, 0.2) is 5.69 Å². The lowest BCUT2D eigenvalue weighted by molar-refractivity contribution is 0.0958. The number of anilines is 1. The summed E-state index contributed by atoms with van der Waals surface area (Å²) in [5, 5.41) is 2.69. The van der Waals surface area contributed by atoms with Crippen molar-refractivity contribution < 1.29 is 4.79 Å². The highest BCUT2D eigenvalue weighted by Crippen LogP contribution is 2.25. The van der Waals surface area contributed by atoms with Crippen LogP contribution in [-0.2, 0) is 13.0 Å². The van der Waals surface area contributed by atoms with Crippen LogP contribution in [0.1, 0.15) is 33.7 Å². The first-order valence-corrected chi connectivity index (χ1v) is 11.0. The van der Waals surface area contributed by atoms with Gasteiger partial charge in [-0.2, -0.15) is 0 Å². The molecule has 8 nitrogen and oxygen atoms in total. The van der Waals surface area contributed by atoms with Crippen molar-refractivity contribution in [1.82, 2.24) is 25.2 Å². The van der Waals surface area contributed by atoms with Gasteiger partial charge in [0.1, 0.15) is 10.5 Å². The Hall–Kier alpha value is -2.78. The predicted molar refractivity (Wildman–Crippen MR) is 119 cm³/mol. The van der Waals surface area contributed by atoms with Gasteiger partial charge in [-0.15, -0.1) is 11.3 Å². The Morgan fingerprint density at radius 3 is 2.70 bits per heavy atom. The second-order valence-corrected chi connectivity index (χ2v) is 8.58. The lowest BCUT2D eigenvalue weighted by atomic mass is 10.2. The summed E-state index contributed by atoms with van der Waals surface area (Å²) in [7, 11) is 1.63. The van der Waals surface area contributed by atoms with E-state index < -0.39 is 0 Å². The fraction of sp³-hybridized carbons (Fsp3) is 0.429. The molecule has 1 aliphatic heterocycles. The Morgan fingerprint density at radius 1 is 1.23 bits per heavy atom. The number of pyridine rings is 1. The third kappa shape index (κ3) is 4.08. The first-order chi connectivity index (χ1) is 14.5. The van der Waals surface area contributed by atoms with E-state index in [1.165, 1.54) is 4.88 Å². The summed E-state index contributed by atoms with van der Waals surface area (Å²) in [5.74, 6) is -0.158. The fourth-order valence-corrected chi connectivity index (χ4v) is 4.79. The van der Waals surface area contributed by atoms with Crippen molar-refractivity contribution in [2.45, 2.75) is 26.8 Å². The second kappa shape index (κ2) is 8.53. The molecule has 0 bridgehead atoms. The van der Waals surface area contributed by atoms with Crippen molar-refractivity contribution in [3.63, 3.8) is 0 Å². The largest absolute Gasteiger partial charge is 0.367 e. The molecule has 9 heteroatoms. The molecule has 3 aromatic heterocycles. The number of aromatic amines is 1. The molecule has 1 aliphatic rings. The highest BCUT2D eigenvalue weighted by atomic mass is 32.1. The first kappa shape index (κ1) is 20.5. The number of hydrogen-bond acceptors (Lipinski definition) is 7. The third-order valence-corrected chi connectivity index (χ3v) is 6.41. The third-order valence-electron chi connectivity index (χ3n) is 5.39. The molecule has 0 saturated carbocycles. The summed E-state index contributed by atoms with van der Waals surface area (Å²) in [4.78, 5) is 42.8. The highest BCUT2D eigenvalue weighted by molar-refractivity contribution is 7.18. The minimum Gasteiger partial charge on any atom is -0.367 e. The number of hydrogen-bond donors (Lipinski definition) is 2. The Kier molecular flexibility index (Phi) is 5.83. The van der Waals surface area contributed by atoms with Crippen molar-refractivity contribution >= 4 is 33.3 Å². The van der Waals surface area contributed by atoms with Crippen LogP contribution in [0.5, 0.6) is 0 Å². The molecule has 1 saturated heterocycles. The van der Waals surface area contributed by atoms with Crippen LogP contribution in [0, 0.1) is 6.92 Å². The summed E-state index contributed by atoms with van der Waals surface area (Å²) in [6.45, 7) is 8.09. The number of carbonyl (C=O) groups is 1. The molecule has 0 atom stereocenters. The van der Waals surface area contributed by atoms with Crippen LogP contribution in [0.4, 0.5) is 5.69 Å². The zero-order valence-electron chi connectivity index (χ0n) is 17.5. The van der Waals surface area contributed by atoms with Crippen LogP contribution >= 0.6 is 11.3 Å². The van der Waals surface area contributed by atoms with Gasteiger partial charge in [0, 0.05) is 50.3 Å². The normalized spacial score (nSPS) is 15.0.